The summed E-state index contributed by atoms with van der Waals surface area (Å²) >= 11 is 6.05. The van der Waals surface area contributed by atoms with Crippen molar-refractivity contribution in [3.8, 4) is 5.75 Å². The molecule has 3 heterocycles. The normalized spacial score (nSPS) is 18.9. The lowest BCUT2D eigenvalue weighted by atomic mass is 9.87. The van der Waals surface area contributed by atoms with Gasteiger partial charge in [-0.1, -0.05) is 18.5 Å². The fourth-order valence-corrected chi connectivity index (χ4v) is 4.85. The Bertz CT molecular complexity index is 1170. The number of aryl methyl sites for hydroxylation is 2. The first-order chi connectivity index (χ1) is 16.1. The van der Waals surface area contributed by atoms with Crippen LogP contribution in [0.4, 0.5) is 0 Å². The molecule has 2 aromatic heterocycles. The molecule has 1 amide bonds. The minimum absolute atomic E-state index is 0.0107. The molecule has 0 radical (unpaired) electrons. The predicted octanol–water partition coefficient (Wildman–Crippen LogP) is 5.07. The molecule has 34 heavy (non-hydrogen) atoms. The Morgan fingerprint density at radius 3 is 2.79 bits per heavy atom. The van der Waals surface area contributed by atoms with E-state index < -0.39 is 5.60 Å². The summed E-state index contributed by atoms with van der Waals surface area (Å²) in [6, 6.07) is 7.04. The van der Waals surface area contributed by atoms with Gasteiger partial charge in [-0.15, -0.1) is 0 Å². The number of methoxy groups -OCH3 is 1. The van der Waals surface area contributed by atoms with Gasteiger partial charge in [0.05, 0.1) is 12.7 Å². The number of carbonyl (C=O) groups is 1. The van der Waals surface area contributed by atoms with Crippen molar-refractivity contribution in [3.05, 3.63) is 52.6 Å². The maximum absolute atomic E-state index is 13.6. The van der Waals surface area contributed by atoms with E-state index >= 15 is 0 Å². The number of likely N-dealkylation sites (tertiary alicyclic amines) is 1. The average Bonchev–Trinajstić information content (AvgIpc) is 3.20. The summed E-state index contributed by atoms with van der Waals surface area (Å²) in [7, 11) is 1.56. The molecule has 1 N–H and O–H groups in total. The van der Waals surface area contributed by atoms with Crippen molar-refractivity contribution in [1.82, 2.24) is 14.9 Å². The molecule has 2 unspecified atom stereocenters. The van der Waals surface area contributed by atoms with E-state index in [2.05, 4.69) is 16.9 Å². The Morgan fingerprint density at radius 1 is 1.29 bits per heavy atom. The number of ether oxygens (including phenoxy) is 1. The minimum atomic E-state index is -0.843. The first-order valence-electron chi connectivity index (χ1n) is 11.7. The molecular formula is C26H32ClN3O4. The molecule has 0 saturated carbocycles. The van der Waals surface area contributed by atoms with Crippen LogP contribution in [0.1, 0.15) is 62.0 Å². The number of halogens is 1. The summed E-state index contributed by atoms with van der Waals surface area (Å²) in [5, 5.41) is 11.0. The molecule has 4 rings (SSSR count). The number of fused-ring (bicyclic) bond motifs is 1. The third-order valence-electron chi connectivity index (χ3n) is 6.28. The number of aliphatic hydroxyl groups is 1. The maximum Gasteiger partial charge on any atom is 0.254 e. The highest BCUT2D eigenvalue weighted by molar-refractivity contribution is 6.30. The number of piperidine rings is 1. The number of hydrogen-bond acceptors (Lipinski definition) is 6. The Kier molecular flexibility index (Phi) is 7.14. The number of rotatable bonds is 7. The lowest BCUT2D eigenvalue weighted by Crippen LogP contribution is -2.49. The number of aromatic nitrogens is 2. The minimum Gasteiger partial charge on any atom is -0.493 e. The number of benzene rings is 1. The van der Waals surface area contributed by atoms with E-state index in [9.17, 15) is 9.90 Å². The standard InChI is InChI=1S/C26H32ClN3O4/c1-16-5-7-20(14-26(2,3)32)30(15-16)25(31)17-11-21-24(22(12-17)33-4)34-23(29-21)8-6-19-13-18(27)9-10-28-19/h9-13,16,20,32H,5-8,14-15H2,1-4H3. The topological polar surface area (TPSA) is 88.7 Å². The van der Waals surface area contributed by atoms with Gasteiger partial charge in [0.15, 0.2) is 17.2 Å². The third kappa shape index (κ3) is 5.70. The van der Waals surface area contributed by atoms with Crippen molar-refractivity contribution < 1.29 is 19.1 Å². The van der Waals surface area contributed by atoms with E-state index in [-0.39, 0.29) is 11.9 Å². The van der Waals surface area contributed by atoms with Crippen LogP contribution in [0.25, 0.3) is 11.1 Å². The van der Waals surface area contributed by atoms with Gasteiger partial charge in [0.1, 0.15) is 5.52 Å². The van der Waals surface area contributed by atoms with Crippen molar-refractivity contribution in [2.45, 2.75) is 64.5 Å². The lowest BCUT2D eigenvalue weighted by molar-refractivity contribution is 0.0141. The van der Waals surface area contributed by atoms with Gasteiger partial charge in [0.25, 0.3) is 5.91 Å². The maximum atomic E-state index is 13.6. The van der Waals surface area contributed by atoms with E-state index in [0.717, 1.165) is 18.5 Å². The van der Waals surface area contributed by atoms with Crippen LogP contribution in [0.2, 0.25) is 5.02 Å². The first-order valence-corrected chi connectivity index (χ1v) is 12.1. The number of amides is 1. The van der Waals surface area contributed by atoms with Gasteiger partial charge in [-0.05, 0) is 69.7 Å². The van der Waals surface area contributed by atoms with Crippen LogP contribution >= 0.6 is 11.6 Å². The summed E-state index contributed by atoms with van der Waals surface area (Å²) in [4.78, 5) is 24.5. The molecule has 1 aliphatic heterocycles. The molecule has 0 aliphatic carbocycles. The van der Waals surface area contributed by atoms with E-state index in [1.807, 2.05) is 11.0 Å². The fourth-order valence-electron chi connectivity index (χ4n) is 4.66. The monoisotopic (exact) mass is 485 g/mol. The van der Waals surface area contributed by atoms with Crippen molar-refractivity contribution in [3.63, 3.8) is 0 Å². The van der Waals surface area contributed by atoms with Crippen LogP contribution in [0, 0.1) is 5.92 Å². The third-order valence-corrected chi connectivity index (χ3v) is 6.51. The molecule has 1 aliphatic rings. The zero-order chi connectivity index (χ0) is 24.5. The van der Waals surface area contributed by atoms with Gasteiger partial charge < -0.3 is 19.2 Å². The highest BCUT2D eigenvalue weighted by atomic mass is 35.5. The molecule has 7 nitrogen and oxygen atoms in total. The summed E-state index contributed by atoms with van der Waals surface area (Å²) in [6.45, 7) is 6.40. The summed E-state index contributed by atoms with van der Waals surface area (Å²) in [5.74, 6) is 1.36. The second kappa shape index (κ2) is 9.92. The lowest BCUT2D eigenvalue weighted by Gasteiger charge is -2.41. The zero-order valence-corrected chi connectivity index (χ0v) is 20.9. The molecule has 3 aromatic rings. The van der Waals surface area contributed by atoms with Crippen LogP contribution < -0.4 is 4.74 Å². The molecule has 2 atom stereocenters. The Hall–Kier alpha value is -2.64. The van der Waals surface area contributed by atoms with Crippen LogP contribution in [-0.4, -0.2) is 51.2 Å². The number of carbonyl (C=O) groups excluding carboxylic acids is 1. The van der Waals surface area contributed by atoms with Gasteiger partial charge in [-0.3, -0.25) is 9.78 Å². The predicted molar refractivity (Wildman–Crippen MR) is 131 cm³/mol. The van der Waals surface area contributed by atoms with Crippen molar-refractivity contribution in [2.24, 2.45) is 5.92 Å². The second-order valence-corrected chi connectivity index (χ2v) is 10.3. The van der Waals surface area contributed by atoms with Crippen LogP contribution in [0.3, 0.4) is 0 Å². The molecule has 1 fully saturated rings. The molecule has 0 spiro atoms. The summed E-state index contributed by atoms with van der Waals surface area (Å²) < 4.78 is 11.5. The highest BCUT2D eigenvalue weighted by Gasteiger charge is 2.34. The zero-order valence-electron chi connectivity index (χ0n) is 20.2. The summed E-state index contributed by atoms with van der Waals surface area (Å²) in [6.07, 6.45) is 5.31. The van der Waals surface area contributed by atoms with Gasteiger partial charge in [-0.2, -0.15) is 0 Å². The van der Waals surface area contributed by atoms with Crippen LogP contribution in [-0.2, 0) is 12.8 Å². The van der Waals surface area contributed by atoms with Crippen molar-refractivity contribution >= 4 is 28.6 Å². The van der Waals surface area contributed by atoms with E-state index in [1.165, 1.54) is 0 Å². The molecule has 1 saturated heterocycles. The van der Waals surface area contributed by atoms with Gasteiger partial charge in [-0.25, -0.2) is 4.98 Å². The van der Waals surface area contributed by atoms with Crippen LogP contribution in [0.15, 0.2) is 34.9 Å². The fraction of sp³-hybridized carbons (Fsp3) is 0.500. The van der Waals surface area contributed by atoms with Gasteiger partial charge >= 0.3 is 0 Å². The van der Waals surface area contributed by atoms with Crippen LogP contribution in [0.5, 0.6) is 5.75 Å². The van der Waals surface area contributed by atoms with Gasteiger partial charge in [0.2, 0.25) is 0 Å². The highest BCUT2D eigenvalue weighted by Crippen LogP contribution is 2.32. The Balaban J connectivity index is 1.60. The largest absolute Gasteiger partial charge is 0.493 e. The first kappa shape index (κ1) is 24.5. The Morgan fingerprint density at radius 2 is 2.09 bits per heavy atom. The smallest absolute Gasteiger partial charge is 0.254 e. The van der Waals surface area contributed by atoms with E-state index in [4.69, 9.17) is 20.8 Å². The number of hydrogen-bond donors (Lipinski definition) is 1. The molecule has 182 valence electrons. The molecule has 0 bridgehead atoms. The second-order valence-electron chi connectivity index (χ2n) is 9.91. The quantitative estimate of drug-likeness (QED) is 0.502. The van der Waals surface area contributed by atoms with E-state index in [1.54, 1.807) is 45.4 Å². The SMILES string of the molecule is COc1cc(C(=O)N2CC(C)CCC2CC(C)(C)O)cc2nc(CCc3cc(Cl)ccn3)oc12. The number of pyridine rings is 1. The molecule has 1 aromatic carbocycles. The number of nitrogens with zero attached hydrogens (tertiary/aromatic N) is 3. The molecular weight excluding hydrogens is 454 g/mol. The van der Waals surface area contributed by atoms with Gasteiger partial charge in [0, 0.05) is 41.5 Å². The average molecular weight is 486 g/mol. The number of oxazole rings is 1. The van der Waals surface area contributed by atoms with Crippen molar-refractivity contribution in [2.75, 3.05) is 13.7 Å². The summed E-state index contributed by atoms with van der Waals surface area (Å²) in [5.41, 5.74) is 1.63. The van der Waals surface area contributed by atoms with E-state index in [0.29, 0.717) is 65.1 Å². The van der Waals surface area contributed by atoms with Crippen molar-refractivity contribution in [1.29, 1.82) is 0 Å². The Labute approximate surface area is 205 Å². The molecule has 8 heteroatoms.